The topological polar surface area (TPSA) is 56.1 Å². The first-order chi connectivity index (χ1) is 7.31. The maximum Gasteiger partial charge on any atom is 0.358 e. The van der Waals surface area contributed by atoms with Gasteiger partial charge in [-0.25, -0.2) is 9.78 Å². The van der Waals surface area contributed by atoms with E-state index in [1.54, 1.807) is 12.5 Å². The van der Waals surface area contributed by atoms with E-state index in [4.69, 9.17) is 0 Å². The van der Waals surface area contributed by atoms with Crippen LogP contribution in [-0.4, -0.2) is 35.7 Å². The van der Waals surface area contributed by atoms with Gasteiger partial charge in [0.15, 0.2) is 5.69 Å². The Balaban J connectivity index is 2.08. The Morgan fingerprint density at radius 1 is 1.60 bits per heavy atom. The number of aromatic nitrogens is 2. The van der Waals surface area contributed by atoms with E-state index in [0.29, 0.717) is 11.7 Å². The standard InChI is InChI=1S/C10H15N3O2/c1-15-10(14)9-6-13(7-12-9)8-2-4-11-5-3-8/h6-8,11H,2-5H2,1H3. The largest absolute Gasteiger partial charge is 0.464 e. The number of imidazole rings is 1. The van der Waals surface area contributed by atoms with Gasteiger partial charge < -0.3 is 14.6 Å². The molecule has 1 N–H and O–H groups in total. The van der Waals surface area contributed by atoms with Gasteiger partial charge in [0.05, 0.1) is 13.4 Å². The third-order valence-electron chi connectivity index (χ3n) is 2.73. The van der Waals surface area contributed by atoms with E-state index in [2.05, 4.69) is 15.0 Å². The molecule has 1 aliphatic heterocycles. The molecule has 0 saturated carbocycles. The molecule has 1 aliphatic rings. The number of esters is 1. The van der Waals surface area contributed by atoms with E-state index >= 15 is 0 Å². The van der Waals surface area contributed by atoms with Crippen molar-refractivity contribution in [1.82, 2.24) is 14.9 Å². The van der Waals surface area contributed by atoms with Crippen LogP contribution in [0.15, 0.2) is 12.5 Å². The van der Waals surface area contributed by atoms with Gasteiger partial charge in [0.1, 0.15) is 0 Å². The highest BCUT2D eigenvalue weighted by molar-refractivity contribution is 5.86. The highest BCUT2D eigenvalue weighted by Gasteiger charge is 2.17. The fraction of sp³-hybridized carbons (Fsp3) is 0.600. The van der Waals surface area contributed by atoms with E-state index in [-0.39, 0.29) is 5.97 Å². The first kappa shape index (κ1) is 10.2. The van der Waals surface area contributed by atoms with Gasteiger partial charge in [0.25, 0.3) is 0 Å². The molecular weight excluding hydrogens is 194 g/mol. The molecular formula is C10H15N3O2. The Hall–Kier alpha value is -1.36. The number of piperidine rings is 1. The van der Waals surface area contributed by atoms with Crippen LogP contribution in [0, 0.1) is 0 Å². The molecule has 0 aromatic carbocycles. The van der Waals surface area contributed by atoms with Crippen LogP contribution in [0.1, 0.15) is 29.4 Å². The second-order valence-electron chi connectivity index (χ2n) is 3.68. The second kappa shape index (κ2) is 4.44. The Labute approximate surface area is 88.4 Å². The average molecular weight is 209 g/mol. The van der Waals surface area contributed by atoms with Crippen molar-refractivity contribution >= 4 is 5.97 Å². The number of hydrogen-bond acceptors (Lipinski definition) is 4. The molecule has 0 amide bonds. The van der Waals surface area contributed by atoms with Crippen LogP contribution >= 0.6 is 0 Å². The normalized spacial score (nSPS) is 17.7. The van der Waals surface area contributed by atoms with Gasteiger partial charge in [-0.15, -0.1) is 0 Å². The fourth-order valence-corrected chi connectivity index (χ4v) is 1.85. The average Bonchev–Trinajstić information content (AvgIpc) is 2.78. The number of carbonyl (C=O) groups is 1. The molecule has 1 saturated heterocycles. The first-order valence-electron chi connectivity index (χ1n) is 5.14. The molecule has 0 bridgehead atoms. The molecule has 1 aromatic heterocycles. The third-order valence-corrected chi connectivity index (χ3v) is 2.73. The van der Waals surface area contributed by atoms with E-state index in [1.807, 2.05) is 4.57 Å². The molecule has 2 heterocycles. The van der Waals surface area contributed by atoms with Gasteiger partial charge in [-0.05, 0) is 25.9 Å². The van der Waals surface area contributed by atoms with Crippen molar-refractivity contribution in [2.45, 2.75) is 18.9 Å². The molecule has 0 unspecified atom stereocenters. The highest BCUT2D eigenvalue weighted by atomic mass is 16.5. The maximum atomic E-state index is 11.2. The van der Waals surface area contributed by atoms with Gasteiger partial charge in [-0.1, -0.05) is 0 Å². The van der Waals surface area contributed by atoms with Crippen molar-refractivity contribution in [3.8, 4) is 0 Å². The van der Waals surface area contributed by atoms with E-state index in [1.165, 1.54) is 7.11 Å². The molecule has 1 fully saturated rings. The summed E-state index contributed by atoms with van der Waals surface area (Å²) in [4.78, 5) is 15.2. The van der Waals surface area contributed by atoms with E-state index < -0.39 is 0 Å². The second-order valence-corrected chi connectivity index (χ2v) is 3.68. The van der Waals surface area contributed by atoms with Crippen LogP contribution in [-0.2, 0) is 4.74 Å². The van der Waals surface area contributed by atoms with Crippen molar-refractivity contribution < 1.29 is 9.53 Å². The van der Waals surface area contributed by atoms with Crippen molar-refractivity contribution in [3.63, 3.8) is 0 Å². The molecule has 15 heavy (non-hydrogen) atoms. The van der Waals surface area contributed by atoms with Crippen molar-refractivity contribution in [2.75, 3.05) is 20.2 Å². The van der Waals surface area contributed by atoms with E-state index in [9.17, 15) is 4.79 Å². The molecule has 0 radical (unpaired) electrons. The predicted molar refractivity (Wildman–Crippen MR) is 54.7 cm³/mol. The number of nitrogens with zero attached hydrogens (tertiary/aromatic N) is 2. The summed E-state index contributed by atoms with van der Waals surface area (Å²) in [6, 6.07) is 0.456. The quantitative estimate of drug-likeness (QED) is 0.724. The zero-order chi connectivity index (χ0) is 10.7. The number of rotatable bonds is 2. The third kappa shape index (κ3) is 2.18. The molecule has 0 atom stereocenters. The molecule has 0 aliphatic carbocycles. The lowest BCUT2D eigenvalue weighted by atomic mass is 10.1. The van der Waals surface area contributed by atoms with Gasteiger partial charge in [-0.2, -0.15) is 0 Å². The van der Waals surface area contributed by atoms with Crippen LogP contribution in [0.3, 0.4) is 0 Å². The summed E-state index contributed by atoms with van der Waals surface area (Å²) in [5.41, 5.74) is 0.385. The zero-order valence-corrected chi connectivity index (χ0v) is 8.77. The zero-order valence-electron chi connectivity index (χ0n) is 8.77. The van der Waals surface area contributed by atoms with Gasteiger partial charge in [0, 0.05) is 12.2 Å². The molecule has 5 nitrogen and oxygen atoms in total. The van der Waals surface area contributed by atoms with Crippen LogP contribution in [0.5, 0.6) is 0 Å². The summed E-state index contributed by atoms with van der Waals surface area (Å²) >= 11 is 0. The van der Waals surface area contributed by atoms with Crippen LogP contribution in [0.2, 0.25) is 0 Å². The van der Waals surface area contributed by atoms with Crippen molar-refractivity contribution in [1.29, 1.82) is 0 Å². The van der Waals surface area contributed by atoms with Crippen LogP contribution < -0.4 is 5.32 Å². The minimum atomic E-state index is -0.373. The number of hydrogen-bond donors (Lipinski definition) is 1. The van der Waals surface area contributed by atoms with Crippen molar-refractivity contribution in [2.24, 2.45) is 0 Å². The summed E-state index contributed by atoms with van der Waals surface area (Å²) in [5.74, 6) is -0.373. The minimum absolute atomic E-state index is 0.373. The Bertz CT molecular complexity index is 342. The lowest BCUT2D eigenvalue weighted by molar-refractivity contribution is 0.0594. The first-order valence-corrected chi connectivity index (χ1v) is 5.14. The van der Waals surface area contributed by atoms with E-state index in [0.717, 1.165) is 25.9 Å². The Morgan fingerprint density at radius 3 is 3.00 bits per heavy atom. The summed E-state index contributed by atoms with van der Waals surface area (Å²) in [5, 5.41) is 3.30. The summed E-state index contributed by atoms with van der Waals surface area (Å²) < 4.78 is 6.62. The van der Waals surface area contributed by atoms with Crippen LogP contribution in [0.25, 0.3) is 0 Å². The summed E-state index contributed by atoms with van der Waals surface area (Å²) in [6.45, 7) is 2.05. The molecule has 82 valence electrons. The lowest BCUT2D eigenvalue weighted by Crippen LogP contribution is -2.28. The summed E-state index contributed by atoms with van der Waals surface area (Å²) in [6.07, 6.45) is 5.64. The Kier molecular flexibility index (Phi) is 3.01. The lowest BCUT2D eigenvalue weighted by Gasteiger charge is -2.23. The molecule has 1 aromatic rings. The number of ether oxygens (including phenoxy) is 1. The SMILES string of the molecule is COC(=O)c1cn(C2CCNCC2)cn1. The fourth-order valence-electron chi connectivity index (χ4n) is 1.85. The highest BCUT2D eigenvalue weighted by Crippen LogP contribution is 2.18. The maximum absolute atomic E-state index is 11.2. The van der Waals surface area contributed by atoms with Crippen LogP contribution in [0.4, 0.5) is 0 Å². The van der Waals surface area contributed by atoms with Gasteiger partial charge in [-0.3, -0.25) is 0 Å². The van der Waals surface area contributed by atoms with Gasteiger partial charge in [0.2, 0.25) is 0 Å². The monoisotopic (exact) mass is 209 g/mol. The summed E-state index contributed by atoms with van der Waals surface area (Å²) in [7, 11) is 1.37. The number of carbonyl (C=O) groups excluding carboxylic acids is 1. The Morgan fingerprint density at radius 2 is 2.33 bits per heavy atom. The number of nitrogens with one attached hydrogen (secondary N) is 1. The molecule has 2 rings (SSSR count). The minimum Gasteiger partial charge on any atom is -0.464 e. The number of methoxy groups -OCH3 is 1. The van der Waals surface area contributed by atoms with Gasteiger partial charge >= 0.3 is 5.97 Å². The smallest absolute Gasteiger partial charge is 0.358 e. The predicted octanol–water partition coefficient (Wildman–Crippen LogP) is 0.594. The van der Waals surface area contributed by atoms with Crippen molar-refractivity contribution in [3.05, 3.63) is 18.2 Å². The molecule has 0 spiro atoms. The molecule has 5 heteroatoms.